The van der Waals surface area contributed by atoms with Crippen LogP contribution in [0.5, 0.6) is 5.75 Å². The molecule has 23 heavy (non-hydrogen) atoms. The molecule has 0 aromatic heterocycles. The molecule has 0 saturated heterocycles. The summed E-state index contributed by atoms with van der Waals surface area (Å²) in [7, 11) is 3.46. The van der Waals surface area contributed by atoms with Crippen molar-refractivity contribution in [3.8, 4) is 5.75 Å². The van der Waals surface area contributed by atoms with Crippen molar-refractivity contribution in [2.75, 3.05) is 33.8 Å². The van der Waals surface area contributed by atoms with Crippen LogP contribution in [-0.2, 0) is 0 Å². The predicted octanol–water partition coefficient (Wildman–Crippen LogP) is 4.13. The first-order chi connectivity index (χ1) is 10.5. The van der Waals surface area contributed by atoms with E-state index in [9.17, 15) is 8.78 Å². The molecule has 1 aromatic carbocycles. The number of ether oxygens (including phenoxy) is 1. The molecule has 132 valence electrons. The van der Waals surface area contributed by atoms with Gasteiger partial charge >= 0.3 is 0 Å². The van der Waals surface area contributed by atoms with E-state index in [1.807, 2.05) is 33.0 Å². The SMILES string of the molecule is C.C=Cc1ccc(C(CN(CC)CC(F)F)NC)c(OC)c1C. The number of alkyl halides is 2. The van der Waals surface area contributed by atoms with Crippen LogP contribution in [0.1, 0.15) is 37.1 Å². The minimum atomic E-state index is -2.33. The van der Waals surface area contributed by atoms with Crippen molar-refractivity contribution in [1.82, 2.24) is 10.2 Å². The van der Waals surface area contributed by atoms with E-state index < -0.39 is 6.43 Å². The Bertz CT molecular complexity index is 492. The van der Waals surface area contributed by atoms with Gasteiger partial charge < -0.3 is 10.1 Å². The Labute approximate surface area is 139 Å². The number of hydrogen-bond donors (Lipinski definition) is 1. The maximum Gasteiger partial charge on any atom is 0.251 e. The van der Waals surface area contributed by atoms with E-state index in [1.54, 1.807) is 18.1 Å². The lowest BCUT2D eigenvalue weighted by Gasteiger charge is -2.28. The Balaban J connectivity index is 0.00000484. The van der Waals surface area contributed by atoms with Crippen molar-refractivity contribution in [3.63, 3.8) is 0 Å². The third-order valence-corrected chi connectivity index (χ3v) is 3.91. The van der Waals surface area contributed by atoms with E-state index in [-0.39, 0.29) is 20.0 Å². The Morgan fingerprint density at radius 2 is 2.00 bits per heavy atom. The molecule has 0 radical (unpaired) electrons. The second-order valence-electron chi connectivity index (χ2n) is 5.19. The van der Waals surface area contributed by atoms with Crippen LogP contribution in [0.25, 0.3) is 6.08 Å². The third kappa shape index (κ3) is 5.59. The number of rotatable bonds is 9. The second kappa shape index (κ2) is 10.3. The Kier molecular flexibility index (Phi) is 9.68. The van der Waals surface area contributed by atoms with Crippen LogP contribution in [0.2, 0.25) is 0 Å². The molecule has 5 heteroatoms. The first-order valence-corrected chi connectivity index (χ1v) is 7.46. The maximum absolute atomic E-state index is 12.6. The second-order valence-corrected chi connectivity index (χ2v) is 5.19. The largest absolute Gasteiger partial charge is 0.496 e. The van der Waals surface area contributed by atoms with Crippen LogP contribution in [-0.4, -0.2) is 45.1 Å². The van der Waals surface area contributed by atoms with E-state index in [0.29, 0.717) is 13.1 Å². The summed E-state index contributed by atoms with van der Waals surface area (Å²) in [6.45, 7) is 8.51. The Hall–Kier alpha value is -1.46. The number of nitrogens with zero attached hydrogens (tertiary/aromatic N) is 1. The monoisotopic (exact) mass is 328 g/mol. The predicted molar refractivity (Wildman–Crippen MR) is 94.5 cm³/mol. The first kappa shape index (κ1) is 21.5. The van der Waals surface area contributed by atoms with Gasteiger partial charge in [0.25, 0.3) is 6.43 Å². The average Bonchev–Trinajstić information content (AvgIpc) is 2.50. The van der Waals surface area contributed by atoms with Crippen LogP contribution in [0.4, 0.5) is 8.78 Å². The molecule has 1 aromatic rings. The van der Waals surface area contributed by atoms with Crippen molar-refractivity contribution < 1.29 is 13.5 Å². The molecule has 0 fully saturated rings. The summed E-state index contributed by atoms with van der Waals surface area (Å²) in [5, 5.41) is 3.20. The fourth-order valence-corrected chi connectivity index (χ4v) is 2.63. The Morgan fingerprint density at radius 1 is 1.35 bits per heavy atom. The smallest absolute Gasteiger partial charge is 0.251 e. The zero-order valence-electron chi connectivity index (χ0n) is 13.8. The van der Waals surface area contributed by atoms with Gasteiger partial charge in [-0.3, -0.25) is 4.90 Å². The van der Waals surface area contributed by atoms with Crippen molar-refractivity contribution in [1.29, 1.82) is 0 Å². The van der Waals surface area contributed by atoms with E-state index in [1.165, 1.54) is 0 Å². The molecular weight excluding hydrogens is 298 g/mol. The summed E-state index contributed by atoms with van der Waals surface area (Å²) in [6, 6.07) is 3.87. The molecule has 0 aliphatic carbocycles. The number of hydrogen-bond acceptors (Lipinski definition) is 3. The molecule has 0 saturated carbocycles. The summed E-state index contributed by atoms with van der Waals surface area (Å²) in [5.74, 6) is 0.782. The minimum Gasteiger partial charge on any atom is -0.496 e. The van der Waals surface area contributed by atoms with Gasteiger partial charge in [-0.25, -0.2) is 8.78 Å². The Morgan fingerprint density at radius 3 is 2.43 bits per heavy atom. The van der Waals surface area contributed by atoms with Crippen molar-refractivity contribution in [3.05, 3.63) is 35.4 Å². The van der Waals surface area contributed by atoms with Gasteiger partial charge in [-0.15, -0.1) is 0 Å². The molecule has 1 N–H and O–H groups in total. The van der Waals surface area contributed by atoms with Crippen molar-refractivity contribution >= 4 is 6.08 Å². The van der Waals surface area contributed by atoms with Gasteiger partial charge in [0.15, 0.2) is 0 Å². The van der Waals surface area contributed by atoms with E-state index in [4.69, 9.17) is 4.74 Å². The molecule has 3 nitrogen and oxygen atoms in total. The van der Waals surface area contributed by atoms with Gasteiger partial charge in [-0.2, -0.15) is 0 Å². The molecule has 0 spiro atoms. The number of nitrogens with one attached hydrogen (secondary N) is 1. The number of benzene rings is 1. The van der Waals surface area contributed by atoms with E-state index in [2.05, 4.69) is 11.9 Å². The van der Waals surface area contributed by atoms with Crippen LogP contribution < -0.4 is 10.1 Å². The summed E-state index contributed by atoms with van der Waals surface area (Å²) >= 11 is 0. The lowest BCUT2D eigenvalue weighted by molar-refractivity contribution is 0.0860. The van der Waals surface area contributed by atoms with Gasteiger partial charge in [0.2, 0.25) is 0 Å². The van der Waals surface area contributed by atoms with Gasteiger partial charge in [0.1, 0.15) is 5.75 Å². The maximum atomic E-state index is 12.6. The minimum absolute atomic E-state index is 0. The zero-order chi connectivity index (χ0) is 16.7. The number of methoxy groups -OCH3 is 1. The molecule has 0 bridgehead atoms. The highest BCUT2D eigenvalue weighted by Crippen LogP contribution is 2.32. The highest BCUT2D eigenvalue weighted by Gasteiger charge is 2.21. The van der Waals surface area contributed by atoms with Crippen LogP contribution in [0.3, 0.4) is 0 Å². The topological polar surface area (TPSA) is 24.5 Å². The molecule has 0 heterocycles. The molecule has 0 amide bonds. The van der Waals surface area contributed by atoms with Gasteiger partial charge in [0, 0.05) is 18.2 Å². The van der Waals surface area contributed by atoms with Gasteiger partial charge in [-0.1, -0.05) is 39.1 Å². The average molecular weight is 328 g/mol. The molecule has 1 rings (SSSR count). The molecule has 1 atom stereocenters. The number of likely N-dealkylation sites (N-methyl/N-ethyl adjacent to an activating group) is 2. The third-order valence-electron chi connectivity index (χ3n) is 3.91. The summed E-state index contributed by atoms with van der Waals surface area (Å²) in [5.41, 5.74) is 2.99. The highest BCUT2D eigenvalue weighted by atomic mass is 19.3. The summed E-state index contributed by atoms with van der Waals surface area (Å²) < 4.78 is 30.8. The fourth-order valence-electron chi connectivity index (χ4n) is 2.63. The summed E-state index contributed by atoms with van der Waals surface area (Å²) in [4.78, 5) is 1.74. The van der Waals surface area contributed by atoms with Crippen LogP contribution >= 0.6 is 0 Å². The number of halogens is 2. The molecular formula is C18H30F2N2O. The zero-order valence-corrected chi connectivity index (χ0v) is 13.8. The van der Waals surface area contributed by atoms with Gasteiger partial charge in [-0.05, 0) is 31.6 Å². The molecule has 0 aliphatic heterocycles. The first-order valence-electron chi connectivity index (χ1n) is 7.46. The van der Waals surface area contributed by atoms with Crippen molar-refractivity contribution in [2.45, 2.75) is 33.7 Å². The standard InChI is InChI=1S/C17H26F2N2O.CH4/c1-6-13-8-9-14(17(22-5)12(13)3)15(20-4)10-21(7-2)11-16(18)19;/h6,8-9,15-16,20H,1,7,10-11H2,2-5H3;1H4. The quantitative estimate of drug-likeness (QED) is 0.737. The van der Waals surface area contributed by atoms with E-state index in [0.717, 1.165) is 22.4 Å². The summed E-state index contributed by atoms with van der Waals surface area (Å²) in [6.07, 6.45) is -0.547. The van der Waals surface area contributed by atoms with Crippen molar-refractivity contribution in [2.24, 2.45) is 0 Å². The lowest BCUT2D eigenvalue weighted by atomic mass is 9.98. The van der Waals surface area contributed by atoms with Crippen LogP contribution in [0, 0.1) is 6.92 Å². The highest BCUT2D eigenvalue weighted by molar-refractivity contribution is 5.59. The molecule has 0 aliphatic rings. The van der Waals surface area contributed by atoms with Crippen LogP contribution in [0.15, 0.2) is 18.7 Å². The molecule has 1 unspecified atom stereocenters. The lowest BCUT2D eigenvalue weighted by Crippen LogP contribution is -2.36. The fraction of sp³-hybridized carbons (Fsp3) is 0.556. The van der Waals surface area contributed by atoms with Gasteiger partial charge in [0.05, 0.1) is 13.7 Å². The normalized spacial score (nSPS) is 12.2. The van der Waals surface area contributed by atoms with E-state index >= 15 is 0 Å².